The molecule has 1 aliphatic rings. The van der Waals surface area contributed by atoms with E-state index in [4.69, 9.17) is 14.5 Å². The molecule has 2 aromatic carbocycles. The maximum atomic E-state index is 6.11. The van der Waals surface area contributed by atoms with Crippen molar-refractivity contribution in [3.63, 3.8) is 0 Å². The summed E-state index contributed by atoms with van der Waals surface area (Å²) in [7, 11) is 1.72. The zero-order valence-corrected chi connectivity index (χ0v) is 19.7. The van der Waals surface area contributed by atoms with E-state index in [1.54, 1.807) is 7.11 Å². The fourth-order valence-electron chi connectivity index (χ4n) is 3.49. The lowest BCUT2D eigenvalue weighted by Gasteiger charge is -2.34. The van der Waals surface area contributed by atoms with Gasteiger partial charge in [-0.15, -0.1) is 24.0 Å². The first kappa shape index (κ1) is 23.3. The maximum Gasteiger partial charge on any atom is 0.193 e. The molecule has 1 fully saturated rings. The van der Waals surface area contributed by atoms with Gasteiger partial charge < -0.3 is 19.7 Å². The highest BCUT2D eigenvalue weighted by atomic mass is 127. The molecule has 0 spiro atoms. The number of hydrogen-bond acceptors (Lipinski definition) is 3. The standard InChI is InChI=1S/C23H31N3O2.HI/c1-3-24-23(25-16-13-19-9-7-8-12-22(19)27-2)26-17-14-21(15-18-26)28-20-10-5-4-6-11-20;/h4-12,21H,3,13-18H2,1-2H3,(H,24,25);1H. The number of ether oxygens (including phenoxy) is 2. The van der Waals surface area contributed by atoms with Gasteiger partial charge in [-0.25, -0.2) is 0 Å². The van der Waals surface area contributed by atoms with E-state index in [0.717, 1.165) is 62.9 Å². The van der Waals surface area contributed by atoms with E-state index < -0.39 is 0 Å². The van der Waals surface area contributed by atoms with Crippen LogP contribution in [0.2, 0.25) is 0 Å². The molecule has 29 heavy (non-hydrogen) atoms. The third-order valence-electron chi connectivity index (χ3n) is 4.96. The molecule has 5 nitrogen and oxygen atoms in total. The first-order valence-electron chi connectivity index (χ1n) is 10.2. The number of para-hydroxylation sites is 2. The summed E-state index contributed by atoms with van der Waals surface area (Å²) in [4.78, 5) is 7.20. The number of benzene rings is 2. The van der Waals surface area contributed by atoms with Gasteiger partial charge in [0.15, 0.2) is 5.96 Å². The van der Waals surface area contributed by atoms with Crippen LogP contribution in [0.5, 0.6) is 11.5 Å². The van der Waals surface area contributed by atoms with E-state index >= 15 is 0 Å². The normalized spacial score (nSPS) is 14.8. The summed E-state index contributed by atoms with van der Waals surface area (Å²) in [5, 5.41) is 3.44. The van der Waals surface area contributed by atoms with Crippen LogP contribution >= 0.6 is 24.0 Å². The van der Waals surface area contributed by atoms with Crippen molar-refractivity contribution in [2.75, 3.05) is 33.3 Å². The predicted molar refractivity (Wildman–Crippen MR) is 130 cm³/mol. The molecular formula is C23H32IN3O2. The van der Waals surface area contributed by atoms with Crippen LogP contribution in [0.3, 0.4) is 0 Å². The average Bonchev–Trinajstić information content (AvgIpc) is 2.75. The van der Waals surface area contributed by atoms with Gasteiger partial charge in [0.1, 0.15) is 17.6 Å². The van der Waals surface area contributed by atoms with Crippen LogP contribution in [0.15, 0.2) is 59.6 Å². The summed E-state index contributed by atoms with van der Waals surface area (Å²) >= 11 is 0. The fourth-order valence-corrected chi connectivity index (χ4v) is 3.49. The Hall–Kier alpha value is -1.96. The van der Waals surface area contributed by atoms with E-state index in [1.165, 1.54) is 5.56 Å². The molecule has 0 radical (unpaired) electrons. The lowest BCUT2D eigenvalue weighted by molar-refractivity contribution is 0.129. The number of halogens is 1. The van der Waals surface area contributed by atoms with Crippen molar-refractivity contribution in [1.82, 2.24) is 10.2 Å². The Labute approximate surface area is 191 Å². The molecule has 1 N–H and O–H groups in total. The quantitative estimate of drug-likeness (QED) is 0.342. The minimum absolute atomic E-state index is 0. The summed E-state index contributed by atoms with van der Waals surface area (Å²) in [6, 6.07) is 18.2. The molecule has 0 unspecified atom stereocenters. The van der Waals surface area contributed by atoms with Gasteiger partial charge in [-0.1, -0.05) is 36.4 Å². The number of aliphatic imine (C=N–C) groups is 1. The number of likely N-dealkylation sites (tertiary alicyclic amines) is 1. The van der Waals surface area contributed by atoms with Crippen molar-refractivity contribution in [1.29, 1.82) is 0 Å². The second kappa shape index (κ2) is 12.6. The van der Waals surface area contributed by atoms with Crippen LogP contribution in [0.4, 0.5) is 0 Å². The minimum atomic E-state index is 0. The molecule has 0 amide bonds. The lowest BCUT2D eigenvalue weighted by atomic mass is 10.1. The van der Waals surface area contributed by atoms with Crippen molar-refractivity contribution in [3.05, 3.63) is 60.2 Å². The first-order chi connectivity index (χ1) is 13.8. The summed E-state index contributed by atoms with van der Waals surface area (Å²) < 4.78 is 11.5. The smallest absolute Gasteiger partial charge is 0.193 e. The zero-order chi connectivity index (χ0) is 19.6. The summed E-state index contributed by atoms with van der Waals surface area (Å²) in [6.07, 6.45) is 3.15. The molecule has 0 aliphatic carbocycles. The van der Waals surface area contributed by atoms with Crippen molar-refractivity contribution in [2.45, 2.75) is 32.3 Å². The van der Waals surface area contributed by atoms with Gasteiger partial charge in [0.25, 0.3) is 0 Å². The second-order valence-corrected chi connectivity index (χ2v) is 6.91. The largest absolute Gasteiger partial charge is 0.496 e. The van der Waals surface area contributed by atoms with Crippen LogP contribution < -0.4 is 14.8 Å². The van der Waals surface area contributed by atoms with E-state index in [9.17, 15) is 0 Å². The number of piperidine rings is 1. The van der Waals surface area contributed by atoms with Crippen LogP contribution in [0, 0.1) is 0 Å². The van der Waals surface area contributed by atoms with Gasteiger partial charge >= 0.3 is 0 Å². The summed E-state index contributed by atoms with van der Waals surface area (Å²) in [6.45, 7) is 5.63. The van der Waals surface area contributed by atoms with Gasteiger partial charge in [0.05, 0.1) is 7.11 Å². The van der Waals surface area contributed by atoms with Crippen LogP contribution in [-0.2, 0) is 6.42 Å². The highest BCUT2D eigenvalue weighted by molar-refractivity contribution is 14.0. The Morgan fingerprint density at radius 2 is 1.76 bits per heavy atom. The molecule has 0 atom stereocenters. The molecule has 0 bridgehead atoms. The third-order valence-corrected chi connectivity index (χ3v) is 4.96. The minimum Gasteiger partial charge on any atom is -0.496 e. The topological polar surface area (TPSA) is 46.1 Å². The van der Waals surface area contributed by atoms with E-state index in [0.29, 0.717) is 0 Å². The highest BCUT2D eigenvalue weighted by Crippen LogP contribution is 2.19. The Balaban J connectivity index is 0.00000300. The number of guanidine groups is 1. The van der Waals surface area contributed by atoms with Gasteiger partial charge in [-0.2, -0.15) is 0 Å². The van der Waals surface area contributed by atoms with Crippen molar-refractivity contribution >= 4 is 29.9 Å². The molecule has 0 aromatic heterocycles. The number of nitrogens with one attached hydrogen (secondary N) is 1. The van der Waals surface area contributed by atoms with E-state index in [1.807, 2.05) is 48.5 Å². The second-order valence-electron chi connectivity index (χ2n) is 6.91. The van der Waals surface area contributed by atoms with Gasteiger partial charge in [-0.3, -0.25) is 4.99 Å². The molecule has 158 valence electrons. The van der Waals surface area contributed by atoms with Crippen LogP contribution in [0.25, 0.3) is 0 Å². The van der Waals surface area contributed by atoms with Gasteiger partial charge in [-0.05, 0) is 37.1 Å². The van der Waals surface area contributed by atoms with Crippen molar-refractivity contribution in [2.24, 2.45) is 4.99 Å². The number of rotatable bonds is 7. The Morgan fingerprint density at radius 3 is 2.45 bits per heavy atom. The molecule has 1 aliphatic heterocycles. The van der Waals surface area contributed by atoms with E-state index in [2.05, 4.69) is 23.2 Å². The molecular weight excluding hydrogens is 477 g/mol. The Kier molecular flexibility index (Phi) is 10.1. The van der Waals surface area contributed by atoms with Gasteiger partial charge in [0.2, 0.25) is 0 Å². The monoisotopic (exact) mass is 509 g/mol. The summed E-state index contributed by atoms with van der Waals surface area (Å²) in [5.74, 6) is 2.88. The molecule has 0 saturated carbocycles. The first-order valence-corrected chi connectivity index (χ1v) is 10.2. The molecule has 2 aromatic rings. The lowest BCUT2D eigenvalue weighted by Crippen LogP contribution is -2.47. The maximum absolute atomic E-state index is 6.11. The molecule has 3 rings (SSSR count). The number of hydrogen-bond donors (Lipinski definition) is 1. The number of nitrogens with zero attached hydrogens (tertiary/aromatic N) is 2. The molecule has 1 heterocycles. The van der Waals surface area contributed by atoms with Crippen molar-refractivity contribution < 1.29 is 9.47 Å². The molecule has 1 saturated heterocycles. The molecule has 6 heteroatoms. The van der Waals surface area contributed by atoms with E-state index in [-0.39, 0.29) is 30.1 Å². The Bertz CT molecular complexity index is 747. The number of methoxy groups -OCH3 is 1. The third kappa shape index (κ3) is 7.10. The van der Waals surface area contributed by atoms with Crippen molar-refractivity contribution in [3.8, 4) is 11.5 Å². The zero-order valence-electron chi connectivity index (χ0n) is 17.3. The van der Waals surface area contributed by atoms with Gasteiger partial charge in [0, 0.05) is 39.0 Å². The predicted octanol–water partition coefficient (Wildman–Crippen LogP) is 4.36. The fraction of sp³-hybridized carbons (Fsp3) is 0.435. The highest BCUT2D eigenvalue weighted by Gasteiger charge is 2.22. The SMILES string of the molecule is CCNC(=NCCc1ccccc1OC)N1CCC(Oc2ccccc2)CC1.I. The van der Waals surface area contributed by atoms with Crippen LogP contribution in [-0.4, -0.2) is 50.3 Å². The Morgan fingerprint density at radius 1 is 1.07 bits per heavy atom. The average molecular weight is 509 g/mol. The summed E-state index contributed by atoms with van der Waals surface area (Å²) in [5.41, 5.74) is 1.19. The van der Waals surface area contributed by atoms with Crippen LogP contribution in [0.1, 0.15) is 25.3 Å².